The van der Waals surface area contributed by atoms with Crippen molar-refractivity contribution in [1.29, 1.82) is 0 Å². The summed E-state index contributed by atoms with van der Waals surface area (Å²) in [7, 11) is 1.55. The first kappa shape index (κ1) is 19.9. The molecule has 1 aliphatic rings. The van der Waals surface area contributed by atoms with E-state index >= 15 is 0 Å². The lowest BCUT2D eigenvalue weighted by Gasteiger charge is -2.15. The van der Waals surface area contributed by atoms with Crippen molar-refractivity contribution in [2.75, 3.05) is 7.11 Å². The van der Waals surface area contributed by atoms with Gasteiger partial charge in [0.05, 0.1) is 12.0 Å². The Bertz CT molecular complexity index is 981. The lowest BCUT2D eigenvalue weighted by Crippen LogP contribution is -2.44. The van der Waals surface area contributed by atoms with E-state index in [1.54, 1.807) is 37.5 Å². The maximum atomic E-state index is 12.7. The van der Waals surface area contributed by atoms with E-state index in [1.165, 1.54) is 6.07 Å². The Morgan fingerprint density at radius 2 is 2.11 bits per heavy atom. The molecular weight excluding hydrogens is 472 g/mol. The third-order valence-electron chi connectivity index (χ3n) is 3.57. The van der Waals surface area contributed by atoms with E-state index in [1.807, 2.05) is 12.1 Å². The first-order valence-electron chi connectivity index (χ1n) is 7.57. The molecule has 1 heterocycles. The van der Waals surface area contributed by atoms with Gasteiger partial charge in [0.2, 0.25) is 0 Å². The molecule has 0 aromatic heterocycles. The third kappa shape index (κ3) is 4.52. The van der Waals surface area contributed by atoms with Gasteiger partial charge in [-0.3, -0.25) is 15.0 Å². The number of nitrogens with zero attached hydrogens (tertiary/aromatic N) is 1. The van der Waals surface area contributed by atoms with Gasteiger partial charge in [-0.1, -0.05) is 45.4 Å². The third-order valence-corrected chi connectivity index (χ3v) is 5.60. The van der Waals surface area contributed by atoms with Gasteiger partial charge in [-0.15, -0.1) is 0 Å². The highest BCUT2D eigenvalue weighted by atomic mass is 79.9. The van der Waals surface area contributed by atoms with Crippen molar-refractivity contribution in [3.05, 3.63) is 68.0 Å². The number of methoxy groups -OCH3 is 1. The number of hydrazine groups is 1. The molecule has 0 unspecified atom stereocenters. The Hall–Kier alpha value is -1.87. The average Bonchev–Trinajstić information content (AvgIpc) is 2.89. The molecule has 0 spiro atoms. The first-order valence-corrected chi connectivity index (χ1v) is 9.96. The molecule has 138 valence electrons. The van der Waals surface area contributed by atoms with Crippen molar-refractivity contribution in [3.8, 4) is 5.75 Å². The van der Waals surface area contributed by atoms with Gasteiger partial charge in [0.25, 0.3) is 11.8 Å². The monoisotopic (exact) mass is 482 g/mol. The largest absolute Gasteiger partial charge is 0.496 e. The zero-order valence-corrected chi connectivity index (χ0v) is 17.8. The topological polar surface area (TPSA) is 58.6 Å². The number of benzene rings is 2. The molecule has 2 aromatic carbocycles. The van der Waals surface area contributed by atoms with Gasteiger partial charge in [-0.2, -0.15) is 5.01 Å². The average molecular weight is 484 g/mol. The minimum absolute atomic E-state index is 0.232. The van der Waals surface area contributed by atoms with Crippen LogP contribution in [0, 0.1) is 0 Å². The van der Waals surface area contributed by atoms with Crippen LogP contribution in [0.15, 0.2) is 51.8 Å². The second-order valence-electron chi connectivity index (χ2n) is 5.35. The SMILES string of the molecule is COc1ccc(Br)cc1/C=C1/SC(=S)N(NC(=O)c2cccc(Cl)c2)C1=O. The smallest absolute Gasteiger partial charge is 0.285 e. The van der Waals surface area contributed by atoms with Gasteiger partial charge in [0.15, 0.2) is 4.32 Å². The van der Waals surface area contributed by atoms with E-state index in [2.05, 4.69) is 21.4 Å². The van der Waals surface area contributed by atoms with Crippen molar-refractivity contribution in [2.45, 2.75) is 0 Å². The maximum absolute atomic E-state index is 12.7. The molecule has 0 saturated carbocycles. The lowest BCUT2D eigenvalue weighted by molar-refractivity contribution is -0.123. The number of amides is 2. The first-order chi connectivity index (χ1) is 12.9. The van der Waals surface area contributed by atoms with Gasteiger partial charge < -0.3 is 4.74 Å². The van der Waals surface area contributed by atoms with Crippen LogP contribution in [-0.2, 0) is 4.79 Å². The van der Waals surface area contributed by atoms with E-state index in [0.29, 0.717) is 26.8 Å². The van der Waals surface area contributed by atoms with Crippen molar-refractivity contribution >= 4 is 73.7 Å². The number of thiocarbonyl (C=S) groups is 1. The van der Waals surface area contributed by atoms with Crippen LogP contribution in [0.25, 0.3) is 6.08 Å². The normalized spacial score (nSPS) is 15.4. The van der Waals surface area contributed by atoms with Crippen LogP contribution in [0.5, 0.6) is 5.75 Å². The summed E-state index contributed by atoms with van der Waals surface area (Å²) in [6.45, 7) is 0. The second-order valence-corrected chi connectivity index (χ2v) is 8.38. The molecule has 1 saturated heterocycles. The minimum Gasteiger partial charge on any atom is -0.496 e. The van der Waals surface area contributed by atoms with E-state index in [9.17, 15) is 9.59 Å². The fourth-order valence-corrected chi connectivity index (χ4v) is 4.06. The second kappa shape index (κ2) is 8.43. The Morgan fingerprint density at radius 3 is 2.81 bits per heavy atom. The molecule has 5 nitrogen and oxygen atoms in total. The number of ether oxygens (including phenoxy) is 1. The van der Waals surface area contributed by atoms with Gasteiger partial charge in [-0.25, -0.2) is 0 Å². The van der Waals surface area contributed by atoms with Crippen LogP contribution in [-0.4, -0.2) is 28.3 Å². The molecule has 0 aliphatic carbocycles. The van der Waals surface area contributed by atoms with E-state index in [0.717, 1.165) is 21.2 Å². The van der Waals surface area contributed by atoms with Crippen LogP contribution in [0.2, 0.25) is 5.02 Å². The van der Waals surface area contributed by atoms with Gasteiger partial charge >= 0.3 is 0 Å². The predicted octanol–water partition coefficient (Wildman–Crippen LogP) is 4.66. The van der Waals surface area contributed by atoms with Gasteiger partial charge in [-0.05, 0) is 54.7 Å². The number of rotatable bonds is 4. The number of hydrogen-bond donors (Lipinski definition) is 1. The molecule has 1 aliphatic heterocycles. The van der Waals surface area contributed by atoms with Crippen LogP contribution >= 0.6 is 51.5 Å². The highest BCUT2D eigenvalue weighted by molar-refractivity contribution is 9.10. The molecule has 3 rings (SSSR count). The van der Waals surface area contributed by atoms with E-state index in [4.69, 9.17) is 28.6 Å². The predicted molar refractivity (Wildman–Crippen MR) is 115 cm³/mol. The molecule has 2 aromatic rings. The molecular formula is C18H12BrClN2O3S2. The zero-order valence-electron chi connectivity index (χ0n) is 13.9. The van der Waals surface area contributed by atoms with Gasteiger partial charge in [0, 0.05) is 20.6 Å². The fourth-order valence-electron chi connectivity index (χ4n) is 2.32. The summed E-state index contributed by atoms with van der Waals surface area (Å²) in [5, 5.41) is 1.48. The summed E-state index contributed by atoms with van der Waals surface area (Å²) in [6.07, 6.45) is 1.68. The number of carbonyl (C=O) groups is 2. The molecule has 1 N–H and O–H groups in total. The van der Waals surface area contributed by atoms with Crippen molar-refractivity contribution in [1.82, 2.24) is 10.4 Å². The maximum Gasteiger partial charge on any atom is 0.285 e. The van der Waals surface area contributed by atoms with Crippen LogP contribution in [0.1, 0.15) is 15.9 Å². The Balaban J connectivity index is 1.83. The molecule has 27 heavy (non-hydrogen) atoms. The van der Waals surface area contributed by atoms with Gasteiger partial charge in [0.1, 0.15) is 5.75 Å². The summed E-state index contributed by atoms with van der Waals surface area (Å²) in [6, 6.07) is 11.9. The fraction of sp³-hybridized carbons (Fsp3) is 0.0556. The van der Waals surface area contributed by atoms with Crippen LogP contribution < -0.4 is 10.2 Å². The molecule has 0 bridgehead atoms. The summed E-state index contributed by atoms with van der Waals surface area (Å²) >= 11 is 15.6. The van der Waals surface area contributed by atoms with Crippen LogP contribution in [0.3, 0.4) is 0 Å². The molecule has 0 radical (unpaired) electrons. The summed E-state index contributed by atoms with van der Waals surface area (Å²) in [5.74, 6) is -0.274. The molecule has 2 amide bonds. The van der Waals surface area contributed by atoms with E-state index in [-0.39, 0.29) is 4.32 Å². The Morgan fingerprint density at radius 1 is 1.33 bits per heavy atom. The quantitative estimate of drug-likeness (QED) is 0.506. The summed E-state index contributed by atoms with van der Waals surface area (Å²) in [5.41, 5.74) is 3.56. The highest BCUT2D eigenvalue weighted by Crippen LogP contribution is 2.34. The summed E-state index contributed by atoms with van der Waals surface area (Å²) < 4.78 is 6.40. The number of hydrogen-bond acceptors (Lipinski definition) is 5. The number of halogens is 2. The number of nitrogens with one attached hydrogen (secondary N) is 1. The minimum atomic E-state index is -0.477. The Labute approximate surface area is 178 Å². The van der Waals surface area contributed by atoms with Crippen LogP contribution in [0.4, 0.5) is 0 Å². The molecule has 9 heteroatoms. The van der Waals surface area contributed by atoms with Crippen molar-refractivity contribution < 1.29 is 14.3 Å². The van der Waals surface area contributed by atoms with E-state index < -0.39 is 11.8 Å². The molecule has 0 atom stereocenters. The lowest BCUT2D eigenvalue weighted by atomic mass is 10.2. The standard InChI is InChI=1S/C18H12BrClN2O3S2/c1-25-14-6-5-12(19)7-11(14)9-15-17(24)22(18(26)27-15)21-16(23)10-3-2-4-13(20)8-10/h2-9H,1H3,(H,21,23)/b15-9+. The Kier molecular flexibility index (Phi) is 6.21. The number of thioether (sulfide) groups is 1. The summed E-state index contributed by atoms with van der Waals surface area (Å²) in [4.78, 5) is 25.4. The molecule has 1 fully saturated rings. The van der Waals surface area contributed by atoms with Crippen molar-refractivity contribution in [2.24, 2.45) is 0 Å². The van der Waals surface area contributed by atoms with Crippen molar-refractivity contribution in [3.63, 3.8) is 0 Å². The number of carbonyl (C=O) groups excluding carboxylic acids is 2. The zero-order chi connectivity index (χ0) is 19.6. The highest BCUT2D eigenvalue weighted by Gasteiger charge is 2.34.